The van der Waals surface area contributed by atoms with Crippen molar-refractivity contribution in [3.63, 3.8) is 0 Å². The van der Waals surface area contributed by atoms with Crippen molar-refractivity contribution >= 4 is 0 Å². The molecule has 1 atom stereocenters. The number of imidazole rings is 1. The molecule has 2 aromatic rings. The van der Waals surface area contributed by atoms with E-state index < -0.39 is 0 Å². The van der Waals surface area contributed by atoms with Crippen molar-refractivity contribution in [2.24, 2.45) is 0 Å². The molecule has 2 heterocycles. The van der Waals surface area contributed by atoms with Crippen LogP contribution >= 0.6 is 0 Å². The summed E-state index contributed by atoms with van der Waals surface area (Å²) in [6.07, 6.45) is 5.91. The SMILES string of the molecule is COc1cccc(Cn2ccnc2[C@H]2CCOC(C)(C)C2)c1OC. The highest BCUT2D eigenvalue weighted by Crippen LogP contribution is 2.36. The number of aromatic nitrogens is 2. The van der Waals surface area contributed by atoms with Crippen LogP contribution in [0.1, 0.15) is 44.0 Å². The maximum atomic E-state index is 5.84. The Hall–Kier alpha value is -2.01. The van der Waals surface area contributed by atoms with Crippen LogP contribution in [0.4, 0.5) is 0 Å². The van der Waals surface area contributed by atoms with Gasteiger partial charge in [-0.15, -0.1) is 0 Å². The zero-order valence-corrected chi connectivity index (χ0v) is 14.9. The predicted octanol–water partition coefficient (Wildman–Crippen LogP) is 3.62. The number of methoxy groups -OCH3 is 2. The minimum Gasteiger partial charge on any atom is -0.493 e. The summed E-state index contributed by atoms with van der Waals surface area (Å²) in [6, 6.07) is 5.97. The second-order valence-electron chi connectivity index (χ2n) is 6.86. The summed E-state index contributed by atoms with van der Waals surface area (Å²) in [4.78, 5) is 4.64. The topological polar surface area (TPSA) is 45.5 Å². The first-order valence-electron chi connectivity index (χ1n) is 8.39. The average molecular weight is 330 g/mol. The van der Waals surface area contributed by atoms with E-state index in [2.05, 4.69) is 29.5 Å². The summed E-state index contributed by atoms with van der Waals surface area (Å²) < 4.78 is 19.0. The Morgan fingerprint density at radius 3 is 2.83 bits per heavy atom. The van der Waals surface area contributed by atoms with Crippen molar-refractivity contribution in [1.29, 1.82) is 0 Å². The summed E-state index contributed by atoms with van der Waals surface area (Å²) in [5.41, 5.74) is 0.996. The lowest BCUT2D eigenvalue weighted by Crippen LogP contribution is -2.34. The van der Waals surface area contributed by atoms with Crippen LogP contribution in [0.15, 0.2) is 30.6 Å². The molecule has 0 unspecified atom stereocenters. The molecule has 1 saturated heterocycles. The Morgan fingerprint density at radius 2 is 2.12 bits per heavy atom. The average Bonchev–Trinajstić information content (AvgIpc) is 3.01. The molecule has 130 valence electrons. The Morgan fingerprint density at radius 1 is 1.29 bits per heavy atom. The number of hydrogen-bond donors (Lipinski definition) is 0. The molecule has 3 rings (SSSR count). The van der Waals surface area contributed by atoms with E-state index in [0.717, 1.165) is 42.3 Å². The third-order valence-corrected chi connectivity index (χ3v) is 4.64. The van der Waals surface area contributed by atoms with Crippen LogP contribution in [0.25, 0.3) is 0 Å². The van der Waals surface area contributed by atoms with Gasteiger partial charge in [0.05, 0.1) is 26.4 Å². The van der Waals surface area contributed by atoms with Crippen molar-refractivity contribution in [1.82, 2.24) is 9.55 Å². The zero-order chi connectivity index (χ0) is 17.2. The molecular formula is C19H26N2O3. The summed E-state index contributed by atoms with van der Waals surface area (Å²) in [5, 5.41) is 0. The van der Waals surface area contributed by atoms with Crippen LogP contribution in [0.3, 0.4) is 0 Å². The van der Waals surface area contributed by atoms with Gasteiger partial charge in [-0.05, 0) is 32.8 Å². The fourth-order valence-corrected chi connectivity index (χ4v) is 3.53. The van der Waals surface area contributed by atoms with Gasteiger partial charge in [0.25, 0.3) is 0 Å². The minimum absolute atomic E-state index is 0.0899. The van der Waals surface area contributed by atoms with Gasteiger partial charge in [0.1, 0.15) is 5.82 Å². The molecule has 0 amide bonds. The quantitative estimate of drug-likeness (QED) is 0.840. The molecular weight excluding hydrogens is 304 g/mol. The number of nitrogens with zero attached hydrogens (tertiary/aromatic N) is 2. The summed E-state index contributed by atoms with van der Waals surface area (Å²) in [6.45, 7) is 5.80. The molecule has 0 N–H and O–H groups in total. The summed E-state index contributed by atoms with van der Waals surface area (Å²) >= 11 is 0. The van der Waals surface area contributed by atoms with Crippen molar-refractivity contribution < 1.29 is 14.2 Å². The van der Waals surface area contributed by atoms with Crippen LogP contribution < -0.4 is 9.47 Å². The monoisotopic (exact) mass is 330 g/mol. The van der Waals surface area contributed by atoms with Gasteiger partial charge in [-0.25, -0.2) is 4.98 Å². The van der Waals surface area contributed by atoms with Crippen LogP contribution in [0.2, 0.25) is 0 Å². The molecule has 1 aromatic heterocycles. The number of hydrogen-bond acceptors (Lipinski definition) is 4. The van der Waals surface area contributed by atoms with Crippen molar-refractivity contribution in [2.75, 3.05) is 20.8 Å². The highest BCUT2D eigenvalue weighted by Gasteiger charge is 2.32. The van der Waals surface area contributed by atoms with Crippen molar-refractivity contribution in [2.45, 2.75) is 44.8 Å². The molecule has 1 aliphatic heterocycles. The normalized spacial score (nSPS) is 19.9. The Kier molecular flexibility index (Phi) is 4.81. The first-order valence-corrected chi connectivity index (χ1v) is 8.39. The van der Waals surface area contributed by atoms with Gasteiger partial charge in [0.2, 0.25) is 0 Å². The zero-order valence-electron chi connectivity index (χ0n) is 14.9. The largest absolute Gasteiger partial charge is 0.493 e. The molecule has 5 nitrogen and oxygen atoms in total. The lowest BCUT2D eigenvalue weighted by molar-refractivity contribution is -0.0606. The molecule has 1 fully saturated rings. The van der Waals surface area contributed by atoms with Gasteiger partial charge in [-0.1, -0.05) is 12.1 Å². The van der Waals surface area contributed by atoms with Gasteiger partial charge in [-0.3, -0.25) is 0 Å². The van der Waals surface area contributed by atoms with E-state index in [-0.39, 0.29) is 5.60 Å². The van der Waals surface area contributed by atoms with E-state index in [1.165, 1.54) is 0 Å². The number of ether oxygens (including phenoxy) is 3. The maximum absolute atomic E-state index is 5.84. The molecule has 0 aliphatic carbocycles. The predicted molar refractivity (Wildman–Crippen MR) is 92.9 cm³/mol. The van der Waals surface area contributed by atoms with E-state index in [1.54, 1.807) is 14.2 Å². The second-order valence-corrected chi connectivity index (χ2v) is 6.86. The van der Waals surface area contributed by atoms with E-state index in [0.29, 0.717) is 12.5 Å². The number of benzene rings is 1. The van der Waals surface area contributed by atoms with Gasteiger partial charge in [-0.2, -0.15) is 0 Å². The van der Waals surface area contributed by atoms with Crippen LogP contribution in [0.5, 0.6) is 11.5 Å². The first-order chi connectivity index (χ1) is 11.5. The molecule has 0 radical (unpaired) electrons. The van der Waals surface area contributed by atoms with E-state index in [9.17, 15) is 0 Å². The Bertz CT molecular complexity index is 694. The molecule has 0 saturated carbocycles. The molecule has 0 bridgehead atoms. The molecule has 0 spiro atoms. The summed E-state index contributed by atoms with van der Waals surface area (Å²) in [7, 11) is 3.34. The third-order valence-electron chi connectivity index (χ3n) is 4.64. The lowest BCUT2D eigenvalue weighted by atomic mass is 9.88. The fraction of sp³-hybridized carbons (Fsp3) is 0.526. The number of rotatable bonds is 5. The molecule has 5 heteroatoms. The van der Waals surface area contributed by atoms with Crippen LogP contribution in [-0.4, -0.2) is 36.0 Å². The molecule has 24 heavy (non-hydrogen) atoms. The summed E-state index contributed by atoms with van der Waals surface area (Å²) in [5.74, 6) is 3.08. The van der Waals surface area contributed by atoms with Gasteiger partial charge in [0, 0.05) is 30.5 Å². The van der Waals surface area contributed by atoms with E-state index in [4.69, 9.17) is 14.2 Å². The highest BCUT2D eigenvalue weighted by atomic mass is 16.5. The highest BCUT2D eigenvalue weighted by molar-refractivity contribution is 5.46. The standard InChI is InChI=1S/C19H26N2O3/c1-19(2)12-14(8-11-24-19)18-20-9-10-21(18)13-15-6-5-7-16(22-3)17(15)23-4/h5-7,9-10,14H,8,11-13H2,1-4H3/t14-/m0/s1. The first kappa shape index (κ1) is 16.8. The Labute approximate surface area is 143 Å². The maximum Gasteiger partial charge on any atom is 0.165 e. The van der Waals surface area contributed by atoms with E-state index in [1.807, 2.05) is 24.5 Å². The lowest BCUT2D eigenvalue weighted by Gasteiger charge is -2.35. The Balaban J connectivity index is 1.87. The van der Waals surface area contributed by atoms with Crippen molar-refractivity contribution in [3.8, 4) is 11.5 Å². The molecule has 1 aliphatic rings. The van der Waals surface area contributed by atoms with Crippen LogP contribution in [0, 0.1) is 0 Å². The molecule has 1 aromatic carbocycles. The number of para-hydroxylation sites is 1. The fourth-order valence-electron chi connectivity index (χ4n) is 3.53. The third kappa shape index (κ3) is 3.41. The minimum atomic E-state index is -0.0899. The van der Waals surface area contributed by atoms with Gasteiger partial charge in [0.15, 0.2) is 11.5 Å². The van der Waals surface area contributed by atoms with Gasteiger partial charge < -0.3 is 18.8 Å². The van der Waals surface area contributed by atoms with Crippen molar-refractivity contribution in [3.05, 3.63) is 42.0 Å². The van der Waals surface area contributed by atoms with Gasteiger partial charge >= 0.3 is 0 Å². The van der Waals surface area contributed by atoms with E-state index >= 15 is 0 Å². The second kappa shape index (κ2) is 6.85. The smallest absolute Gasteiger partial charge is 0.165 e. The van der Waals surface area contributed by atoms with Crippen LogP contribution in [-0.2, 0) is 11.3 Å².